The number of halogens is 1. The maximum atomic E-state index is 12.6. The van der Waals surface area contributed by atoms with Crippen LogP contribution in [0.15, 0.2) is 51.8 Å². The molecule has 1 amide bonds. The van der Waals surface area contributed by atoms with Crippen LogP contribution in [-0.2, 0) is 10.0 Å². The van der Waals surface area contributed by atoms with Crippen LogP contribution in [0.25, 0.3) is 0 Å². The minimum atomic E-state index is -3.46. The Morgan fingerprint density at radius 3 is 2.32 bits per heavy atom. The summed E-state index contributed by atoms with van der Waals surface area (Å²) in [5.41, 5.74) is 1.00. The molecule has 8 heteroatoms. The number of carbonyl (C=O) groups excluding carboxylic acids is 1. The third kappa shape index (κ3) is 4.74. The van der Waals surface area contributed by atoms with E-state index in [-0.39, 0.29) is 16.9 Å². The molecule has 28 heavy (non-hydrogen) atoms. The predicted octanol–water partition coefficient (Wildman–Crippen LogP) is 4.27. The molecule has 1 aliphatic rings. The second-order valence-corrected chi connectivity index (χ2v) is 9.69. The largest absolute Gasteiger partial charge is 0.490 e. The van der Waals surface area contributed by atoms with Gasteiger partial charge in [-0.05, 0) is 85.1 Å². The monoisotopic (exact) mass is 466 g/mol. The topological polar surface area (TPSA) is 75.7 Å². The molecule has 0 saturated carbocycles. The molecule has 2 aromatic rings. The van der Waals surface area contributed by atoms with E-state index >= 15 is 0 Å². The molecule has 0 atom stereocenters. The summed E-state index contributed by atoms with van der Waals surface area (Å²) in [4.78, 5) is 12.7. The first kappa shape index (κ1) is 20.8. The van der Waals surface area contributed by atoms with Crippen molar-refractivity contribution in [2.75, 3.05) is 18.4 Å². The number of hydrogen-bond donors (Lipinski definition) is 1. The summed E-state index contributed by atoms with van der Waals surface area (Å²) in [6.45, 7) is 4.99. The number of amides is 1. The molecular formula is C20H23BrN2O4S. The van der Waals surface area contributed by atoms with E-state index in [2.05, 4.69) is 21.2 Å². The first-order chi connectivity index (χ1) is 13.3. The van der Waals surface area contributed by atoms with Crippen molar-refractivity contribution < 1.29 is 17.9 Å². The van der Waals surface area contributed by atoms with Gasteiger partial charge < -0.3 is 10.1 Å². The molecule has 1 aliphatic heterocycles. The zero-order valence-corrected chi connectivity index (χ0v) is 18.2. The average molecular weight is 467 g/mol. The fraction of sp³-hybridized carbons (Fsp3) is 0.350. The van der Waals surface area contributed by atoms with Crippen molar-refractivity contribution in [3.63, 3.8) is 0 Å². The SMILES string of the molecule is CC(C)Oc1ccc(C(=O)Nc2ccc(S(=O)(=O)N3CCCC3)cc2)cc1Br. The number of benzene rings is 2. The van der Waals surface area contributed by atoms with E-state index in [1.54, 1.807) is 30.3 Å². The number of hydrogen-bond acceptors (Lipinski definition) is 4. The zero-order valence-electron chi connectivity index (χ0n) is 15.8. The lowest BCUT2D eigenvalue weighted by Gasteiger charge is -2.16. The summed E-state index contributed by atoms with van der Waals surface area (Å²) in [5.74, 6) is 0.384. The van der Waals surface area contributed by atoms with Crippen molar-refractivity contribution in [1.29, 1.82) is 0 Å². The first-order valence-corrected chi connectivity index (χ1v) is 11.4. The predicted molar refractivity (Wildman–Crippen MR) is 112 cm³/mol. The van der Waals surface area contributed by atoms with Crippen LogP contribution < -0.4 is 10.1 Å². The Morgan fingerprint density at radius 2 is 1.75 bits per heavy atom. The summed E-state index contributed by atoms with van der Waals surface area (Å²) < 4.78 is 33.0. The highest BCUT2D eigenvalue weighted by Crippen LogP contribution is 2.27. The van der Waals surface area contributed by atoms with E-state index in [4.69, 9.17) is 4.74 Å². The quantitative estimate of drug-likeness (QED) is 0.689. The van der Waals surface area contributed by atoms with Crippen molar-refractivity contribution in [2.45, 2.75) is 37.7 Å². The highest BCUT2D eigenvalue weighted by atomic mass is 79.9. The molecule has 0 spiro atoms. The second-order valence-electron chi connectivity index (χ2n) is 6.90. The third-order valence-corrected chi connectivity index (χ3v) is 6.90. The summed E-state index contributed by atoms with van der Waals surface area (Å²) in [7, 11) is -3.46. The van der Waals surface area contributed by atoms with E-state index in [1.165, 1.54) is 16.4 Å². The van der Waals surface area contributed by atoms with Gasteiger partial charge in [0.2, 0.25) is 10.0 Å². The van der Waals surface area contributed by atoms with Crippen molar-refractivity contribution in [3.05, 3.63) is 52.5 Å². The van der Waals surface area contributed by atoms with Crippen LogP contribution >= 0.6 is 15.9 Å². The molecule has 0 aromatic heterocycles. The zero-order chi connectivity index (χ0) is 20.3. The minimum Gasteiger partial charge on any atom is -0.490 e. The van der Waals surface area contributed by atoms with Gasteiger partial charge in [0.25, 0.3) is 5.91 Å². The Hall–Kier alpha value is -1.90. The molecule has 6 nitrogen and oxygen atoms in total. The molecular weight excluding hydrogens is 444 g/mol. The molecule has 0 bridgehead atoms. The van der Waals surface area contributed by atoms with Crippen molar-refractivity contribution >= 4 is 37.5 Å². The van der Waals surface area contributed by atoms with E-state index < -0.39 is 10.0 Å². The minimum absolute atomic E-state index is 0.0336. The Morgan fingerprint density at radius 1 is 1.11 bits per heavy atom. The number of sulfonamides is 1. The van der Waals surface area contributed by atoms with Crippen LogP contribution in [0.4, 0.5) is 5.69 Å². The van der Waals surface area contributed by atoms with Gasteiger partial charge in [0, 0.05) is 24.3 Å². The maximum Gasteiger partial charge on any atom is 0.255 e. The highest BCUT2D eigenvalue weighted by molar-refractivity contribution is 9.10. The van der Waals surface area contributed by atoms with Gasteiger partial charge in [-0.1, -0.05) is 0 Å². The normalized spacial score (nSPS) is 15.0. The molecule has 0 radical (unpaired) electrons. The fourth-order valence-electron chi connectivity index (χ4n) is 2.98. The summed E-state index contributed by atoms with van der Waals surface area (Å²) in [6.07, 6.45) is 1.82. The van der Waals surface area contributed by atoms with E-state index in [0.717, 1.165) is 12.8 Å². The van der Waals surface area contributed by atoms with Crippen molar-refractivity contribution in [1.82, 2.24) is 4.31 Å². The molecule has 1 saturated heterocycles. The number of nitrogens with zero attached hydrogens (tertiary/aromatic N) is 1. The van der Waals surface area contributed by atoms with Crippen LogP contribution in [0, 0.1) is 0 Å². The van der Waals surface area contributed by atoms with Crippen LogP contribution in [0.2, 0.25) is 0 Å². The van der Waals surface area contributed by atoms with Crippen molar-refractivity contribution in [3.8, 4) is 5.75 Å². The molecule has 0 aliphatic carbocycles. The molecule has 1 fully saturated rings. The molecule has 0 unspecified atom stereocenters. The number of ether oxygens (including phenoxy) is 1. The molecule has 1 heterocycles. The number of rotatable bonds is 6. The van der Waals surface area contributed by atoms with Crippen LogP contribution in [0.3, 0.4) is 0 Å². The summed E-state index contributed by atoms with van der Waals surface area (Å²) in [6, 6.07) is 11.4. The number of anilines is 1. The molecule has 1 N–H and O–H groups in total. The highest BCUT2D eigenvalue weighted by Gasteiger charge is 2.26. The lowest BCUT2D eigenvalue weighted by molar-refractivity contribution is 0.102. The van der Waals surface area contributed by atoms with Crippen LogP contribution in [0.1, 0.15) is 37.0 Å². The molecule has 150 valence electrons. The Bertz CT molecular complexity index is 953. The van der Waals surface area contributed by atoms with Gasteiger partial charge in [-0.15, -0.1) is 0 Å². The average Bonchev–Trinajstić information content (AvgIpc) is 3.19. The Kier molecular flexibility index (Phi) is 6.42. The third-order valence-electron chi connectivity index (χ3n) is 4.37. The number of nitrogens with one attached hydrogen (secondary N) is 1. The van der Waals surface area contributed by atoms with Gasteiger partial charge >= 0.3 is 0 Å². The Balaban J connectivity index is 1.70. The van der Waals surface area contributed by atoms with Crippen molar-refractivity contribution in [2.24, 2.45) is 0 Å². The van der Waals surface area contributed by atoms with Gasteiger partial charge in [0.05, 0.1) is 15.5 Å². The van der Waals surface area contributed by atoms with E-state index in [9.17, 15) is 13.2 Å². The van der Waals surface area contributed by atoms with Crippen LogP contribution in [-0.4, -0.2) is 37.8 Å². The lowest BCUT2D eigenvalue weighted by atomic mass is 10.2. The lowest BCUT2D eigenvalue weighted by Crippen LogP contribution is -2.27. The van der Waals surface area contributed by atoms with E-state index in [1.807, 2.05) is 13.8 Å². The first-order valence-electron chi connectivity index (χ1n) is 9.15. The van der Waals surface area contributed by atoms with Gasteiger partial charge in [-0.3, -0.25) is 4.79 Å². The van der Waals surface area contributed by atoms with E-state index in [0.29, 0.717) is 34.6 Å². The Labute approximate surface area is 174 Å². The molecule has 2 aromatic carbocycles. The second kappa shape index (κ2) is 8.63. The maximum absolute atomic E-state index is 12.6. The summed E-state index contributed by atoms with van der Waals surface area (Å²) in [5, 5.41) is 2.78. The fourth-order valence-corrected chi connectivity index (χ4v) is 4.97. The van der Waals surface area contributed by atoms with Gasteiger partial charge in [-0.25, -0.2) is 8.42 Å². The smallest absolute Gasteiger partial charge is 0.255 e. The summed E-state index contributed by atoms with van der Waals surface area (Å²) >= 11 is 3.42. The van der Waals surface area contributed by atoms with Gasteiger partial charge in [0.1, 0.15) is 5.75 Å². The molecule has 3 rings (SSSR count). The van der Waals surface area contributed by atoms with Crippen LogP contribution in [0.5, 0.6) is 5.75 Å². The number of carbonyl (C=O) groups is 1. The van der Waals surface area contributed by atoms with Gasteiger partial charge in [0.15, 0.2) is 0 Å². The van der Waals surface area contributed by atoms with Gasteiger partial charge in [-0.2, -0.15) is 4.31 Å². The standard InChI is InChI=1S/C20H23BrN2O4S/c1-14(2)27-19-10-5-15(13-18(19)21)20(24)22-16-6-8-17(9-7-16)28(25,26)23-11-3-4-12-23/h5-10,13-14H,3-4,11-12H2,1-2H3,(H,22,24).